The molecule has 6 nitrogen and oxygen atoms in total. The number of rotatable bonds is 3. The summed E-state index contributed by atoms with van der Waals surface area (Å²) in [6, 6.07) is 6.37. The molecule has 0 saturated carbocycles. The number of carbonyl (C=O) groups excluding carboxylic acids is 1. The molecular formula is C13H18ClN3O3. The number of para-hydroxylation sites is 1. The van der Waals surface area contributed by atoms with Gasteiger partial charge in [0, 0.05) is 30.8 Å². The van der Waals surface area contributed by atoms with Crippen molar-refractivity contribution in [2.45, 2.75) is 25.3 Å². The van der Waals surface area contributed by atoms with Crippen molar-refractivity contribution in [3.63, 3.8) is 0 Å². The van der Waals surface area contributed by atoms with Gasteiger partial charge in [0.15, 0.2) is 0 Å². The van der Waals surface area contributed by atoms with Crippen LogP contribution in [0.4, 0.5) is 5.69 Å². The summed E-state index contributed by atoms with van der Waals surface area (Å²) in [6.07, 6.45) is 1.88. The van der Waals surface area contributed by atoms with E-state index < -0.39 is 4.92 Å². The highest BCUT2D eigenvalue weighted by Crippen LogP contribution is 2.19. The first kappa shape index (κ1) is 16.4. The third kappa shape index (κ3) is 3.91. The molecule has 110 valence electrons. The zero-order valence-corrected chi connectivity index (χ0v) is 11.8. The number of nitrogens with two attached hydrogens (primary N) is 1. The minimum absolute atomic E-state index is 0. The number of hydrogen-bond donors (Lipinski definition) is 1. The fourth-order valence-corrected chi connectivity index (χ4v) is 2.35. The van der Waals surface area contributed by atoms with Crippen molar-refractivity contribution in [2.75, 3.05) is 13.1 Å². The SMILES string of the molecule is Cl.NC1CCCN(C(=O)Cc2ccccc2[N+](=O)[O-])C1. The average Bonchev–Trinajstić information content (AvgIpc) is 2.39. The molecule has 1 saturated heterocycles. The maximum atomic E-state index is 12.1. The fourth-order valence-electron chi connectivity index (χ4n) is 2.35. The molecule has 1 aliphatic rings. The Hall–Kier alpha value is -1.66. The lowest BCUT2D eigenvalue weighted by Crippen LogP contribution is -2.46. The Morgan fingerprint density at radius 2 is 2.15 bits per heavy atom. The molecule has 1 aromatic carbocycles. The Kier molecular flexibility index (Phi) is 5.91. The summed E-state index contributed by atoms with van der Waals surface area (Å²) in [6.45, 7) is 1.23. The number of likely N-dealkylation sites (tertiary alicyclic amines) is 1. The minimum Gasteiger partial charge on any atom is -0.341 e. The van der Waals surface area contributed by atoms with E-state index in [0.717, 1.165) is 12.8 Å². The van der Waals surface area contributed by atoms with Gasteiger partial charge in [-0.3, -0.25) is 14.9 Å². The van der Waals surface area contributed by atoms with Gasteiger partial charge in [-0.15, -0.1) is 12.4 Å². The molecule has 1 atom stereocenters. The predicted molar refractivity (Wildman–Crippen MR) is 77.8 cm³/mol. The van der Waals surface area contributed by atoms with Crippen molar-refractivity contribution in [1.82, 2.24) is 4.90 Å². The lowest BCUT2D eigenvalue weighted by Gasteiger charge is -2.30. The van der Waals surface area contributed by atoms with Crippen molar-refractivity contribution in [3.05, 3.63) is 39.9 Å². The van der Waals surface area contributed by atoms with Crippen molar-refractivity contribution < 1.29 is 9.72 Å². The zero-order chi connectivity index (χ0) is 13.8. The van der Waals surface area contributed by atoms with E-state index in [1.54, 1.807) is 23.1 Å². The summed E-state index contributed by atoms with van der Waals surface area (Å²) in [5.41, 5.74) is 6.28. The van der Waals surface area contributed by atoms with Gasteiger partial charge in [-0.2, -0.15) is 0 Å². The van der Waals surface area contributed by atoms with Gasteiger partial charge < -0.3 is 10.6 Å². The highest BCUT2D eigenvalue weighted by molar-refractivity contribution is 5.85. The molecular weight excluding hydrogens is 282 g/mol. The standard InChI is InChI=1S/C13H17N3O3.ClH/c14-11-5-3-7-15(9-11)13(17)8-10-4-1-2-6-12(10)16(18)19;/h1-2,4,6,11H,3,5,7-9,14H2;1H. The first-order valence-corrected chi connectivity index (χ1v) is 6.33. The third-order valence-electron chi connectivity index (χ3n) is 3.34. The number of amides is 1. The van der Waals surface area contributed by atoms with E-state index in [0.29, 0.717) is 18.7 Å². The number of carbonyl (C=O) groups is 1. The second kappa shape index (κ2) is 7.21. The fraction of sp³-hybridized carbons (Fsp3) is 0.462. The van der Waals surface area contributed by atoms with Crippen LogP contribution in [0.15, 0.2) is 24.3 Å². The second-order valence-electron chi connectivity index (χ2n) is 4.80. The summed E-state index contributed by atoms with van der Waals surface area (Å²) < 4.78 is 0. The summed E-state index contributed by atoms with van der Waals surface area (Å²) >= 11 is 0. The molecule has 1 aromatic rings. The van der Waals surface area contributed by atoms with Crippen molar-refractivity contribution in [1.29, 1.82) is 0 Å². The van der Waals surface area contributed by atoms with E-state index >= 15 is 0 Å². The number of nitro groups is 1. The number of piperidine rings is 1. The quantitative estimate of drug-likeness (QED) is 0.676. The maximum absolute atomic E-state index is 12.1. The number of benzene rings is 1. The summed E-state index contributed by atoms with van der Waals surface area (Å²) in [4.78, 5) is 24.3. The van der Waals surface area contributed by atoms with E-state index in [1.807, 2.05) is 0 Å². The molecule has 0 spiro atoms. The molecule has 1 fully saturated rings. The Balaban J connectivity index is 0.00000200. The normalized spacial score (nSPS) is 18.2. The Labute approximate surface area is 123 Å². The van der Waals surface area contributed by atoms with Crippen LogP contribution in [-0.2, 0) is 11.2 Å². The second-order valence-corrected chi connectivity index (χ2v) is 4.80. The lowest BCUT2D eigenvalue weighted by molar-refractivity contribution is -0.385. The van der Waals surface area contributed by atoms with Crippen molar-refractivity contribution >= 4 is 24.0 Å². The van der Waals surface area contributed by atoms with Crippen LogP contribution >= 0.6 is 12.4 Å². The minimum atomic E-state index is -0.454. The monoisotopic (exact) mass is 299 g/mol. The first-order chi connectivity index (χ1) is 9.08. The summed E-state index contributed by atoms with van der Waals surface area (Å²) in [7, 11) is 0. The van der Waals surface area contributed by atoms with Gasteiger partial charge in [0.25, 0.3) is 5.69 Å². The largest absolute Gasteiger partial charge is 0.341 e. The lowest BCUT2D eigenvalue weighted by atomic mass is 10.0. The van der Waals surface area contributed by atoms with Crippen LogP contribution in [0.5, 0.6) is 0 Å². The molecule has 1 unspecified atom stereocenters. The van der Waals surface area contributed by atoms with Crippen LogP contribution < -0.4 is 5.73 Å². The predicted octanol–water partition coefficient (Wildman–Crippen LogP) is 1.51. The number of halogens is 1. The van der Waals surface area contributed by atoms with Gasteiger partial charge in [-0.05, 0) is 12.8 Å². The van der Waals surface area contributed by atoms with Crippen LogP contribution in [0.2, 0.25) is 0 Å². The van der Waals surface area contributed by atoms with Crippen LogP contribution in [0, 0.1) is 10.1 Å². The van der Waals surface area contributed by atoms with Crippen molar-refractivity contribution in [2.24, 2.45) is 5.73 Å². The molecule has 0 bridgehead atoms. The molecule has 20 heavy (non-hydrogen) atoms. The summed E-state index contributed by atoms with van der Waals surface area (Å²) in [5.74, 6) is -0.0931. The molecule has 0 aromatic heterocycles. The third-order valence-corrected chi connectivity index (χ3v) is 3.34. The van der Waals surface area contributed by atoms with E-state index in [-0.39, 0.29) is 36.5 Å². The van der Waals surface area contributed by atoms with E-state index in [2.05, 4.69) is 0 Å². The van der Waals surface area contributed by atoms with Crippen LogP contribution in [0.1, 0.15) is 18.4 Å². The maximum Gasteiger partial charge on any atom is 0.273 e. The topological polar surface area (TPSA) is 89.5 Å². The van der Waals surface area contributed by atoms with Gasteiger partial charge >= 0.3 is 0 Å². The molecule has 2 rings (SSSR count). The van der Waals surface area contributed by atoms with E-state index in [9.17, 15) is 14.9 Å². The number of nitro benzene ring substituents is 1. The van der Waals surface area contributed by atoms with Crippen LogP contribution in [-0.4, -0.2) is 34.9 Å². The first-order valence-electron chi connectivity index (χ1n) is 6.33. The molecule has 2 N–H and O–H groups in total. The average molecular weight is 300 g/mol. The molecule has 1 heterocycles. The van der Waals surface area contributed by atoms with E-state index in [1.165, 1.54) is 6.07 Å². The Morgan fingerprint density at radius 1 is 1.45 bits per heavy atom. The van der Waals surface area contributed by atoms with Gasteiger partial charge in [0.2, 0.25) is 5.91 Å². The molecule has 7 heteroatoms. The van der Waals surface area contributed by atoms with Crippen molar-refractivity contribution in [3.8, 4) is 0 Å². The van der Waals surface area contributed by atoms with Crippen LogP contribution in [0.25, 0.3) is 0 Å². The molecule has 0 radical (unpaired) electrons. The molecule has 1 amide bonds. The van der Waals surface area contributed by atoms with Crippen LogP contribution in [0.3, 0.4) is 0 Å². The van der Waals surface area contributed by atoms with E-state index in [4.69, 9.17) is 5.73 Å². The molecule has 1 aliphatic heterocycles. The highest BCUT2D eigenvalue weighted by Gasteiger charge is 2.23. The van der Waals surface area contributed by atoms with Gasteiger partial charge in [0.05, 0.1) is 11.3 Å². The highest BCUT2D eigenvalue weighted by atomic mass is 35.5. The summed E-state index contributed by atoms with van der Waals surface area (Å²) in [5, 5.41) is 10.9. The molecule has 0 aliphatic carbocycles. The number of nitrogens with zero attached hydrogens (tertiary/aromatic N) is 2. The Bertz CT molecular complexity index is 496. The zero-order valence-electron chi connectivity index (χ0n) is 11.0. The Morgan fingerprint density at radius 3 is 2.80 bits per heavy atom. The smallest absolute Gasteiger partial charge is 0.273 e. The van der Waals surface area contributed by atoms with Gasteiger partial charge in [0.1, 0.15) is 0 Å². The van der Waals surface area contributed by atoms with Gasteiger partial charge in [-0.25, -0.2) is 0 Å². The van der Waals surface area contributed by atoms with Gasteiger partial charge in [-0.1, -0.05) is 18.2 Å². The number of hydrogen-bond acceptors (Lipinski definition) is 4.